The molecule has 0 spiro atoms. The summed E-state index contributed by atoms with van der Waals surface area (Å²) >= 11 is 12.4. The van der Waals surface area contributed by atoms with Gasteiger partial charge < -0.3 is 24.0 Å². The number of amides is 1. The fourth-order valence-electron chi connectivity index (χ4n) is 5.83. The molecule has 4 rings (SSSR count). The number of nitrogens with one attached hydrogen (secondary N) is 1. The van der Waals surface area contributed by atoms with Crippen LogP contribution in [0.3, 0.4) is 0 Å². The van der Waals surface area contributed by atoms with E-state index in [2.05, 4.69) is 14.8 Å². The van der Waals surface area contributed by atoms with Crippen LogP contribution in [-0.4, -0.2) is 86.0 Å². The molecule has 2 aromatic carbocycles. The molecule has 14 heteroatoms. The standard InChI is InChI=1S/C34H46Cl2N4O7S/c1-21-17-40(22(2)20-41)34(42)28-16-27(38-48(43,44)33-24(4)37-47-25(33)5)11-13-31(28)46-23(3)9-7-8-14-45-32(21)19-39(6)18-26-10-12-29(35)30(36)15-26/h10-13,15-16,21-23,32,38,41H,7-9,14,17-20H2,1-6H3/t21-,22+,23+,32-/m0/s1. The summed E-state index contributed by atoms with van der Waals surface area (Å²) in [5.74, 6) is -0.0414. The van der Waals surface area contributed by atoms with Gasteiger partial charge in [-0.3, -0.25) is 14.4 Å². The molecule has 0 radical (unpaired) electrons. The Morgan fingerprint density at radius 1 is 1.12 bits per heavy atom. The summed E-state index contributed by atoms with van der Waals surface area (Å²) in [5.41, 5.74) is 1.59. The fourth-order valence-corrected chi connectivity index (χ4v) is 7.54. The molecular weight excluding hydrogens is 679 g/mol. The predicted molar refractivity (Wildman–Crippen MR) is 186 cm³/mol. The SMILES string of the molecule is Cc1noc(C)c1S(=O)(=O)Nc1ccc2c(c1)C(=O)N([C@H](C)CO)C[C@H](C)[C@H](CN(C)Cc1ccc(Cl)c(Cl)c1)OCCCC[C@@H](C)O2. The van der Waals surface area contributed by atoms with Crippen LogP contribution in [0.25, 0.3) is 0 Å². The number of aromatic nitrogens is 1. The molecule has 1 aliphatic rings. The van der Waals surface area contributed by atoms with Crippen molar-refractivity contribution in [3.63, 3.8) is 0 Å². The Labute approximate surface area is 293 Å². The molecule has 0 bridgehead atoms. The van der Waals surface area contributed by atoms with Gasteiger partial charge in [0.25, 0.3) is 15.9 Å². The van der Waals surface area contributed by atoms with E-state index in [-0.39, 0.29) is 58.9 Å². The highest BCUT2D eigenvalue weighted by molar-refractivity contribution is 7.92. The third-order valence-electron chi connectivity index (χ3n) is 8.47. The van der Waals surface area contributed by atoms with Gasteiger partial charge in [-0.25, -0.2) is 8.42 Å². The number of halogens is 2. The minimum Gasteiger partial charge on any atom is -0.490 e. The summed E-state index contributed by atoms with van der Waals surface area (Å²) in [7, 11) is -2.07. The van der Waals surface area contributed by atoms with Crippen molar-refractivity contribution in [3.8, 4) is 5.75 Å². The van der Waals surface area contributed by atoms with Crippen molar-refractivity contribution in [2.75, 3.05) is 38.1 Å². The molecule has 1 aromatic heterocycles. The van der Waals surface area contributed by atoms with Gasteiger partial charge in [-0.2, -0.15) is 0 Å². The Balaban J connectivity index is 1.65. The lowest BCUT2D eigenvalue weighted by atomic mass is 10.0. The highest BCUT2D eigenvalue weighted by Gasteiger charge is 2.31. The van der Waals surface area contributed by atoms with E-state index in [4.69, 9.17) is 37.2 Å². The topological polar surface area (TPSA) is 134 Å². The number of aliphatic hydroxyl groups excluding tert-OH is 1. The van der Waals surface area contributed by atoms with Crippen LogP contribution >= 0.6 is 23.2 Å². The number of hydrogen-bond donors (Lipinski definition) is 2. The average Bonchev–Trinajstić information content (AvgIpc) is 3.38. The van der Waals surface area contributed by atoms with E-state index >= 15 is 0 Å². The van der Waals surface area contributed by atoms with E-state index in [1.807, 2.05) is 33.0 Å². The number of benzene rings is 2. The minimum absolute atomic E-state index is 0.0571. The Kier molecular flexibility index (Phi) is 13.2. The maximum absolute atomic E-state index is 14.4. The normalized spacial score (nSPS) is 20.6. The summed E-state index contributed by atoms with van der Waals surface area (Å²) in [4.78, 5) is 18.1. The van der Waals surface area contributed by atoms with Crippen LogP contribution in [0.1, 0.15) is 67.4 Å². The van der Waals surface area contributed by atoms with Crippen LogP contribution in [0.2, 0.25) is 10.0 Å². The van der Waals surface area contributed by atoms with Crippen LogP contribution in [-0.2, 0) is 21.3 Å². The molecule has 0 unspecified atom stereocenters. The first kappa shape index (κ1) is 37.9. The molecule has 3 aromatic rings. The number of nitrogens with zero attached hydrogens (tertiary/aromatic N) is 3. The smallest absolute Gasteiger partial charge is 0.267 e. The van der Waals surface area contributed by atoms with E-state index in [1.54, 1.807) is 36.9 Å². The van der Waals surface area contributed by atoms with Crippen molar-refractivity contribution in [3.05, 3.63) is 69.0 Å². The zero-order valence-electron chi connectivity index (χ0n) is 28.3. The number of anilines is 1. The molecule has 0 saturated heterocycles. The van der Waals surface area contributed by atoms with Gasteiger partial charge in [-0.05, 0) is 89.9 Å². The van der Waals surface area contributed by atoms with Crippen molar-refractivity contribution in [2.45, 2.75) is 83.6 Å². The average molecular weight is 726 g/mol. The highest BCUT2D eigenvalue weighted by atomic mass is 35.5. The summed E-state index contributed by atoms with van der Waals surface area (Å²) < 4.78 is 47.0. The zero-order valence-corrected chi connectivity index (χ0v) is 30.7. The van der Waals surface area contributed by atoms with Crippen molar-refractivity contribution in [1.29, 1.82) is 0 Å². The van der Waals surface area contributed by atoms with Crippen LogP contribution in [0.4, 0.5) is 5.69 Å². The maximum atomic E-state index is 14.4. The van der Waals surface area contributed by atoms with Crippen molar-refractivity contribution in [2.24, 2.45) is 5.92 Å². The minimum atomic E-state index is -4.07. The lowest BCUT2D eigenvalue weighted by Gasteiger charge is -2.36. The third-order valence-corrected chi connectivity index (χ3v) is 10.8. The number of fused-ring (bicyclic) bond motifs is 1. The first-order valence-corrected chi connectivity index (χ1v) is 18.4. The van der Waals surface area contributed by atoms with Gasteiger partial charge in [0.2, 0.25) is 0 Å². The Hall–Kier alpha value is -2.87. The molecule has 0 fully saturated rings. The number of rotatable bonds is 9. The van der Waals surface area contributed by atoms with Gasteiger partial charge >= 0.3 is 0 Å². The lowest BCUT2D eigenvalue weighted by molar-refractivity contribution is -0.0177. The monoisotopic (exact) mass is 724 g/mol. The highest BCUT2D eigenvalue weighted by Crippen LogP contribution is 2.31. The van der Waals surface area contributed by atoms with E-state index in [0.29, 0.717) is 35.5 Å². The fraction of sp³-hybridized carbons (Fsp3) is 0.529. The van der Waals surface area contributed by atoms with Gasteiger partial charge in [0, 0.05) is 37.8 Å². The van der Waals surface area contributed by atoms with E-state index in [1.165, 1.54) is 13.0 Å². The van der Waals surface area contributed by atoms with Crippen LogP contribution in [0, 0.1) is 19.8 Å². The molecule has 2 N–H and O–H groups in total. The molecule has 4 atom stereocenters. The van der Waals surface area contributed by atoms with Crippen LogP contribution in [0.15, 0.2) is 45.8 Å². The van der Waals surface area contributed by atoms with Crippen molar-refractivity contribution >= 4 is 44.8 Å². The molecule has 2 heterocycles. The molecule has 1 amide bonds. The number of aryl methyl sites for hydroxylation is 2. The second-order valence-corrected chi connectivity index (χ2v) is 15.1. The van der Waals surface area contributed by atoms with Crippen molar-refractivity contribution in [1.82, 2.24) is 15.0 Å². The third kappa shape index (κ3) is 9.64. The molecule has 11 nitrogen and oxygen atoms in total. The van der Waals surface area contributed by atoms with E-state index in [9.17, 15) is 18.3 Å². The zero-order chi connectivity index (χ0) is 35.2. The number of likely N-dealkylation sites (N-methyl/N-ethyl adjacent to an activating group) is 1. The molecule has 264 valence electrons. The molecular formula is C34H46Cl2N4O7S. The predicted octanol–water partition coefficient (Wildman–Crippen LogP) is 6.33. The van der Waals surface area contributed by atoms with Gasteiger partial charge in [0.15, 0.2) is 10.7 Å². The maximum Gasteiger partial charge on any atom is 0.267 e. The number of carbonyl (C=O) groups excluding carboxylic acids is 1. The second kappa shape index (κ2) is 16.7. The summed E-state index contributed by atoms with van der Waals surface area (Å²) in [6, 6.07) is 9.68. The Morgan fingerprint density at radius 2 is 1.88 bits per heavy atom. The van der Waals surface area contributed by atoms with Gasteiger partial charge in [-0.1, -0.05) is 41.3 Å². The Bertz CT molecular complexity index is 1650. The summed E-state index contributed by atoms with van der Waals surface area (Å²) in [6.07, 6.45) is 1.96. The first-order valence-electron chi connectivity index (χ1n) is 16.1. The number of hydrogen-bond acceptors (Lipinski definition) is 9. The van der Waals surface area contributed by atoms with E-state index < -0.39 is 22.0 Å². The lowest BCUT2D eigenvalue weighted by Crippen LogP contribution is -2.47. The number of aliphatic hydroxyl groups is 1. The van der Waals surface area contributed by atoms with Gasteiger partial charge in [0.1, 0.15) is 11.4 Å². The van der Waals surface area contributed by atoms with Gasteiger partial charge in [0.05, 0.1) is 40.5 Å². The molecule has 0 saturated carbocycles. The van der Waals surface area contributed by atoms with Gasteiger partial charge in [-0.15, -0.1) is 0 Å². The number of sulfonamides is 1. The number of carbonyl (C=O) groups is 1. The second-order valence-electron chi connectivity index (χ2n) is 12.7. The van der Waals surface area contributed by atoms with E-state index in [0.717, 1.165) is 24.8 Å². The molecule has 48 heavy (non-hydrogen) atoms. The first-order chi connectivity index (χ1) is 22.7. The summed E-state index contributed by atoms with van der Waals surface area (Å²) in [6.45, 7) is 10.6. The van der Waals surface area contributed by atoms with Crippen LogP contribution in [0.5, 0.6) is 5.75 Å². The largest absolute Gasteiger partial charge is 0.490 e. The van der Waals surface area contributed by atoms with Crippen molar-refractivity contribution < 1.29 is 32.3 Å². The quantitative estimate of drug-likeness (QED) is 0.260. The molecule has 1 aliphatic heterocycles. The van der Waals surface area contributed by atoms with Crippen LogP contribution < -0.4 is 9.46 Å². The summed E-state index contributed by atoms with van der Waals surface area (Å²) in [5, 5.41) is 15.0. The number of ether oxygens (including phenoxy) is 2. The Morgan fingerprint density at radius 3 is 2.54 bits per heavy atom. The molecule has 0 aliphatic carbocycles.